The Morgan fingerprint density at radius 1 is 1.35 bits per heavy atom. The van der Waals surface area contributed by atoms with Gasteiger partial charge in [0.05, 0.1) is 11.7 Å². The number of aliphatic hydroxyl groups is 1. The molecule has 0 bridgehead atoms. The Kier molecular flexibility index (Phi) is 5.51. The molecule has 0 spiro atoms. The Morgan fingerprint density at radius 2 is 2.06 bits per heavy atom. The van der Waals surface area contributed by atoms with Gasteiger partial charge in [-0.05, 0) is 38.3 Å². The molecule has 1 unspecified atom stereocenters. The van der Waals surface area contributed by atoms with Gasteiger partial charge in [-0.25, -0.2) is 8.78 Å². The van der Waals surface area contributed by atoms with Crippen LogP contribution in [0.1, 0.15) is 37.0 Å². The van der Waals surface area contributed by atoms with Gasteiger partial charge in [0, 0.05) is 13.2 Å². The number of aliphatic hydroxyl groups excluding tert-OH is 1. The fourth-order valence-electron chi connectivity index (χ4n) is 1.65. The number of rotatable bonds is 6. The molecular formula is C13H18F2O2. The highest BCUT2D eigenvalue weighted by molar-refractivity contribution is 5.28. The van der Waals surface area contributed by atoms with Gasteiger partial charge >= 0.3 is 0 Å². The van der Waals surface area contributed by atoms with E-state index in [0.29, 0.717) is 25.2 Å². The number of halogens is 2. The second-order valence-electron chi connectivity index (χ2n) is 3.95. The van der Waals surface area contributed by atoms with Crippen molar-refractivity contribution in [3.05, 3.63) is 34.9 Å². The molecule has 2 nitrogen and oxygen atoms in total. The van der Waals surface area contributed by atoms with Crippen LogP contribution in [-0.2, 0) is 4.74 Å². The Balaban J connectivity index is 2.68. The molecule has 96 valence electrons. The highest BCUT2D eigenvalue weighted by Crippen LogP contribution is 2.26. The van der Waals surface area contributed by atoms with Crippen LogP contribution in [0.2, 0.25) is 0 Å². The van der Waals surface area contributed by atoms with E-state index >= 15 is 0 Å². The van der Waals surface area contributed by atoms with Crippen LogP contribution in [0.3, 0.4) is 0 Å². The second kappa shape index (κ2) is 6.67. The minimum absolute atomic E-state index is 0.235. The molecule has 1 aromatic rings. The summed E-state index contributed by atoms with van der Waals surface area (Å²) < 4.78 is 32.2. The summed E-state index contributed by atoms with van der Waals surface area (Å²) in [7, 11) is 0. The fraction of sp³-hybridized carbons (Fsp3) is 0.538. The predicted octanol–water partition coefficient (Wildman–Crippen LogP) is 3.12. The molecule has 0 saturated carbocycles. The molecule has 0 aromatic heterocycles. The van der Waals surface area contributed by atoms with Gasteiger partial charge in [0.15, 0.2) is 0 Å². The Hall–Kier alpha value is -1.00. The lowest BCUT2D eigenvalue weighted by molar-refractivity contribution is 0.111. The average Bonchev–Trinajstić information content (AvgIpc) is 2.30. The van der Waals surface area contributed by atoms with Gasteiger partial charge in [-0.1, -0.05) is 6.07 Å². The van der Waals surface area contributed by atoms with Crippen LogP contribution >= 0.6 is 0 Å². The lowest BCUT2D eigenvalue weighted by Crippen LogP contribution is -2.07. The minimum atomic E-state index is -1.12. The topological polar surface area (TPSA) is 29.5 Å². The lowest BCUT2D eigenvalue weighted by Gasteiger charge is -2.14. The molecule has 1 rings (SSSR count). The third kappa shape index (κ3) is 3.75. The molecule has 1 atom stereocenters. The maximum atomic E-state index is 13.7. The van der Waals surface area contributed by atoms with Crippen molar-refractivity contribution in [3.63, 3.8) is 0 Å². The molecule has 0 aliphatic heterocycles. The van der Waals surface area contributed by atoms with Gasteiger partial charge in [-0.15, -0.1) is 0 Å². The zero-order valence-corrected chi connectivity index (χ0v) is 10.2. The van der Waals surface area contributed by atoms with Crippen molar-refractivity contribution in [2.45, 2.75) is 32.8 Å². The van der Waals surface area contributed by atoms with Crippen LogP contribution in [0.4, 0.5) is 8.78 Å². The molecule has 0 aliphatic rings. The average molecular weight is 244 g/mol. The predicted molar refractivity (Wildman–Crippen MR) is 61.8 cm³/mol. The standard InChI is InChI=1S/C13H18F2O2/c1-3-17-8-4-5-11(16)12-10(14)7-6-9(2)13(12)15/h6-7,11,16H,3-5,8H2,1-2H3. The first-order valence-electron chi connectivity index (χ1n) is 5.78. The van der Waals surface area contributed by atoms with Gasteiger partial charge in [0.25, 0.3) is 0 Å². The number of hydrogen-bond donors (Lipinski definition) is 1. The molecule has 0 radical (unpaired) electrons. The molecule has 1 N–H and O–H groups in total. The quantitative estimate of drug-likeness (QED) is 0.779. The Morgan fingerprint density at radius 3 is 2.71 bits per heavy atom. The third-order valence-corrected chi connectivity index (χ3v) is 2.62. The maximum absolute atomic E-state index is 13.7. The van der Waals surface area contributed by atoms with E-state index in [1.807, 2.05) is 6.92 Å². The second-order valence-corrected chi connectivity index (χ2v) is 3.95. The van der Waals surface area contributed by atoms with Gasteiger partial charge in [-0.3, -0.25) is 0 Å². The van der Waals surface area contributed by atoms with Crippen molar-refractivity contribution in [3.8, 4) is 0 Å². The van der Waals surface area contributed by atoms with Gasteiger partial charge in [0.1, 0.15) is 11.6 Å². The fourth-order valence-corrected chi connectivity index (χ4v) is 1.65. The molecular weight excluding hydrogens is 226 g/mol. The van der Waals surface area contributed by atoms with E-state index in [1.165, 1.54) is 12.1 Å². The zero-order chi connectivity index (χ0) is 12.8. The summed E-state index contributed by atoms with van der Waals surface area (Å²) >= 11 is 0. The largest absolute Gasteiger partial charge is 0.388 e. The van der Waals surface area contributed by atoms with Crippen molar-refractivity contribution in [1.82, 2.24) is 0 Å². The van der Waals surface area contributed by atoms with E-state index in [2.05, 4.69) is 0 Å². The molecule has 0 amide bonds. The van der Waals surface area contributed by atoms with Crippen molar-refractivity contribution < 1.29 is 18.6 Å². The lowest BCUT2D eigenvalue weighted by atomic mass is 10.0. The maximum Gasteiger partial charge on any atom is 0.134 e. The van der Waals surface area contributed by atoms with E-state index in [0.717, 1.165) is 0 Å². The Bertz CT molecular complexity index is 367. The first-order valence-corrected chi connectivity index (χ1v) is 5.78. The number of hydrogen-bond acceptors (Lipinski definition) is 2. The molecule has 4 heteroatoms. The van der Waals surface area contributed by atoms with E-state index in [4.69, 9.17) is 4.74 Å². The molecule has 17 heavy (non-hydrogen) atoms. The van der Waals surface area contributed by atoms with E-state index < -0.39 is 17.7 Å². The summed E-state index contributed by atoms with van der Waals surface area (Å²) in [6.07, 6.45) is -0.255. The monoisotopic (exact) mass is 244 g/mol. The van der Waals surface area contributed by atoms with E-state index in [9.17, 15) is 13.9 Å². The summed E-state index contributed by atoms with van der Waals surface area (Å²) in [4.78, 5) is 0. The number of aryl methyl sites for hydroxylation is 1. The summed E-state index contributed by atoms with van der Waals surface area (Å²) in [6, 6.07) is 2.54. The van der Waals surface area contributed by atoms with E-state index in [1.54, 1.807) is 6.92 Å². The first-order chi connectivity index (χ1) is 8.07. The highest BCUT2D eigenvalue weighted by atomic mass is 19.1. The summed E-state index contributed by atoms with van der Waals surface area (Å²) in [6.45, 7) is 4.51. The Labute approximate surface area is 100 Å². The van der Waals surface area contributed by atoms with Crippen molar-refractivity contribution in [2.24, 2.45) is 0 Å². The summed E-state index contributed by atoms with van der Waals surface area (Å²) in [5.74, 6) is -1.36. The van der Waals surface area contributed by atoms with Crippen LogP contribution < -0.4 is 0 Å². The number of ether oxygens (including phenoxy) is 1. The van der Waals surface area contributed by atoms with Gasteiger partial charge < -0.3 is 9.84 Å². The highest BCUT2D eigenvalue weighted by Gasteiger charge is 2.19. The molecule has 0 saturated heterocycles. The minimum Gasteiger partial charge on any atom is -0.388 e. The van der Waals surface area contributed by atoms with Crippen LogP contribution in [-0.4, -0.2) is 18.3 Å². The van der Waals surface area contributed by atoms with Crippen molar-refractivity contribution in [1.29, 1.82) is 0 Å². The summed E-state index contributed by atoms with van der Waals surface area (Å²) in [5.41, 5.74) is 0.103. The van der Waals surface area contributed by atoms with Crippen LogP contribution in [0.5, 0.6) is 0 Å². The van der Waals surface area contributed by atoms with Crippen LogP contribution in [0.15, 0.2) is 12.1 Å². The third-order valence-electron chi connectivity index (χ3n) is 2.62. The van der Waals surface area contributed by atoms with Gasteiger partial charge in [-0.2, -0.15) is 0 Å². The molecule has 1 aromatic carbocycles. The SMILES string of the molecule is CCOCCCC(O)c1c(F)ccc(C)c1F. The molecule has 0 heterocycles. The molecule has 0 aliphatic carbocycles. The van der Waals surface area contributed by atoms with Crippen LogP contribution in [0.25, 0.3) is 0 Å². The zero-order valence-electron chi connectivity index (χ0n) is 10.2. The first kappa shape index (κ1) is 14.1. The van der Waals surface area contributed by atoms with Gasteiger partial charge in [0.2, 0.25) is 0 Å². The van der Waals surface area contributed by atoms with Crippen molar-refractivity contribution >= 4 is 0 Å². The number of benzene rings is 1. The smallest absolute Gasteiger partial charge is 0.134 e. The summed E-state index contributed by atoms with van der Waals surface area (Å²) in [5, 5.41) is 9.77. The van der Waals surface area contributed by atoms with Crippen molar-refractivity contribution in [2.75, 3.05) is 13.2 Å². The van der Waals surface area contributed by atoms with E-state index in [-0.39, 0.29) is 12.0 Å². The molecule has 0 fully saturated rings. The van der Waals surface area contributed by atoms with Crippen LogP contribution in [0, 0.1) is 18.6 Å². The normalized spacial score (nSPS) is 12.8.